The normalized spacial score (nSPS) is 12.2. The summed E-state index contributed by atoms with van der Waals surface area (Å²) in [6.45, 7) is 7.02. The summed E-state index contributed by atoms with van der Waals surface area (Å²) < 4.78 is 11.5. The molecule has 4 nitrogen and oxygen atoms in total. The number of carbonyl (C=O) groups excluding carboxylic acids is 1. The van der Waals surface area contributed by atoms with Gasteiger partial charge in [-0.25, -0.2) is 4.79 Å². The smallest absolute Gasteiger partial charge is 0.340 e. The molecule has 3 rings (SSSR count). The van der Waals surface area contributed by atoms with Gasteiger partial charge < -0.3 is 9.15 Å². The SMILES string of the molecule is CC(=O)[C@@H](C)Oc1cc(C)cc2oc(=O)c(Cc3ccccc3)c(C)c12. The zero-order valence-electron chi connectivity index (χ0n) is 15.5. The first-order chi connectivity index (χ1) is 12.4. The van der Waals surface area contributed by atoms with Crippen molar-refractivity contribution in [1.82, 2.24) is 0 Å². The van der Waals surface area contributed by atoms with Crippen molar-refractivity contribution in [2.75, 3.05) is 0 Å². The zero-order chi connectivity index (χ0) is 18.8. The molecular weight excluding hydrogens is 328 g/mol. The van der Waals surface area contributed by atoms with Gasteiger partial charge in [-0.2, -0.15) is 0 Å². The molecule has 1 heterocycles. The van der Waals surface area contributed by atoms with Crippen LogP contribution in [0.15, 0.2) is 51.7 Å². The number of rotatable bonds is 5. The van der Waals surface area contributed by atoms with E-state index in [4.69, 9.17) is 9.15 Å². The molecule has 1 atom stereocenters. The Morgan fingerprint density at radius 2 is 1.85 bits per heavy atom. The summed E-state index contributed by atoms with van der Waals surface area (Å²) in [5.41, 5.74) is 3.51. The second kappa shape index (κ2) is 7.16. The van der Waals surface area contributed by atoms with Crippen molar-refractivity contribution in [2.45, 2.75) is 40.2 Å². The van der Waals surface area contributed by atoms with Crippen LogP contribution >= 0.6 is 0 Å². The Hall–Kier alpha value is -2.88. The number of hydrogen-bond acceptors (Lipinski definition) is 4. The molecule has 0 aliphatic carbocycles. The average Bonchev–Trinajstić information content (AvgIpc) is 2.58. The average molecular weight is 350 g/mol. The number of carbonyl (C=O) groups is 1. The molecule has 0 saturated carbocycles. The first-order valence-corrected chi connectivity index (χ1v) is 8.64. The first-order valence-electron chi connectivity index (χ1n) is 8.64. The highest BCUT2D eigenvalue weighted by Crippen LogP contribution is 2.32. The van der Waals surface area contributed by atoms with Crippen LogP contribution in [0.4, 0.5) is 0 Å². The van der Waals surface area contributed by atoms with Crippen molar-refractivity contribution < 1.29 is 13.9 Å². The molecule has 0 aliphatic heterocycles. The van der Waals surface area contributed by atoms with Gasteiger partial charge >= 0.3 is 5.63 Å². The number of ether oxygens (including phenoxy) is 1. The van der Waals surface area contributed by atoms with Gasteiger partial charge in [0.05, 0.1) is 5.39 Å². The maximum Gasteiger partial charge on any atom is 0.340 e. The largest absolute Gasteiger partial charge is 0.482 e. The first kappa shape index (κ1) is 17.9. The summed E-state index contributed by atoms with van der Waals surface area (Å²) in [5.74, 6) is 0.512. The highest BCUT2D eigenvalue weighted by molar-refractivity contribution is 5.89. The number of ketones is 1. The number of benzene rings is 2. The van der Waals surface area contributed by atoms with Crippen LogP contribution in [-0.4, -0.2) is 11.9 Å². The summed E-state index contributed by atoms with van der Waals surface area (Å²) >= 11 is 0. The lowest BCUT2D eigenvalue weighted by atomic mass is 9.98. The molecule has 0 fully saturated rings. The topological polar surface area (TPSA) is 56.5 Å². The third-order valence-corrected chi connectivity index (χ3v) is 4.59. The standard InChI is InChI=1S/C22H22O4/c1-13-10-19(25-16(4)15(3)23)21-14(2)18(22(24)26-20(21)11-13)12-17-8-6-5-7-9-17/h5-11,16H,12H2,1-4H3/t16-/m1/s1. The Morgan fingerprint density at radius 3 is 2.50 bits per heavy atom. The Morgan fingerprint density at radius 1 is 1.15 bits per heavy atom. The fourth-order valence-electron chi connectivity index (χ4n) is 3.01. The van der Waals surface area contributed by atoms with Crippen LogP contribution in [0.3, 0.4) is 0 Å². The maximum absolute atomic E-state index is 12.5. The lowest BCUT2D eigenvalue weighted by molar-refractivity contribution is -0.122. The van der Waals surface area contributed by atoms with Gasteiger partial charge in [0.1, 0.15) is 11.3 Å². The maximum atomic E-state index is 12.5. The minimum Gasteiger partial charge on any atom is -0.482 e. The fraction of sp³-hybridized carbons (Fsp3) is 0.273. The molecule has 0 bridgehead atoms. The molecule has 0 saturated heterocycles. The van der Waals surface area contributed by atoms with E-state index in [9.17, 15) is 9.59 Å². The van der Waals surface area contributed by atoms with E-state index >= 15 is 0 Å². The van der Waals surface area contributed by atoms with E-state index in [1.54, 1.807) is 6.92 Å². The minimum absolute atomic E-state index is 0.0563. The van der Waals surface area contributed by atoms with E-state index in [2.05, 4.69) is 0 Å². The van der Waals surface area contributed by atoms with E-state index in [0.717, 1.165) is 22.1 Å². The Labute approximate surface area is 152 Å². The summed E-state index contributed by atoms with van der Waals surface area (Å²) in [5, 5.41) is 0.745. The second-order valence-corrected chi connectivity index (χ2v) is 6.66. The number of fused-ring (bicyclic) bond motifs is 1. The van der Waals surface area contributed by atoms with E-state index in [0.29, 0.717) is 23.3 Å². The summed E-state index contributed by atoms with van der Waals surface area (Å²) in [6.07, 6.45) is -0.0792. The quantitative estimate of drug-likeness (QED) is 0.642. The molecule has 0 aliphatic rings. The third kappa shape index (κ3) is 3.54. The molecule has 0 radical (unpaired) electrons. The van der Waals surface area contributed by atoms with Crippen molar-refractivity contribution in [2.24, 2.45) is 0 Å². The molecule has 4 heteroatoms. The number of hydrogen-bond donors (Lipinski definition) is 0. The highest BCUT2D eigenvalue weighted by atomic mass is 16.5. The molecule has 0 spiro atoms. The molecule has 3 aromatic rings. The Kier molecular flexibility index (Phi) is 4.94. The van der Waals surface area contributed by atoms with Crippen molar-refractivity contribution in [3.8, 4) is 5.75 Å². The fourth-order valence-corrected chi connectivity index (χ4v) is 3.01. The lowest BCUT2D eigenvalue weighted by Gasteiger charge is -2.17. The molecule has 2 aromatic carbocycles. The van der Waals surface area contributed by atoms with Crippen LogP contribution in [0.1, 0.15) is 36.1 Å². The lowest BCUT2D eigenvalue weighted by Crippen LogP contribution is -2.21. The predicted molar refractivity (Wildman–Crippen MR) is 102 cm³/mol. The third-order valence-electron chi connectivity index (χ3n) is 4.59. The van der Waals surface area contributed by atoms with Crippen molar-refractivity contribution >= 4 is 16.8 Å². The molecule has 26 heavy (non-hydrogen) atoms. The van der Waals surface area contributed by atoms with E-state index < -0.39 is 6.10 Å². The Balaban J connectivity index is 2.18. The van der Waals surface area contributed by atoms with Crippen molar-refractivity contribution in [1.29, 1.82) is 0 Å². The second-order valence-electron chi connectivity index (χ2n) is 6.66. The van der Waals surface area contributed by atoms with E-state index in [1.165, 1.54) is 6.92 Å². The van der Waals surface area contributed by atoms with Crippen LogP contribution in [0, 0.1) is 13.8 Å². The van der Waals surface area contributed by atoms with Crippen molar-refractivity contribution in [3.05, 3.63) is 75.1 Å². The minimum atomic E-state index is -0.566. The van der Waals surface area contributed by atoms with Crippen LogP contribution in [0.5, 0.6) is 5.75 Å². The zero-order valence-corrected chi connectivity index (χ0v) is 15.5. The van der Waals surface area contributed by atoms with E-state index in [-0.39, 0.29) is 11.4 Å². The van der Waals surface area contributed by atoms with Gasteiger partial charge in [0.15, 0.2) is 11.9 Å². The highest BCUT2D eigenvalue weighted by Gasteiger charge is 2.18. The summed E-state index contributed by atoms with van der Waals surface area (Å²) in [6, 6.07) is 13.5. The van der Waals surface area contributed by atoms with Gasteiger partial charge in [0, 0.05) is 12.0 Å². The van der Waals surface area contributed by atoms with Gasteiger partial charge in [0.2, 0.25) is 0 Å². The summed E-state index contributed by atoms with van der Waals surface area (Å²) in [7, 11) is 0. The predicted octanol–water partition coefficient (Wildman–Crippen LogP) is 4.36. The van der Waals surface area contributed by atoms with Gasteiger partial charge in [-0.15, -0.1) is 0 Å². The van der Waals surface area contributed by atoms with Crippen LogP contribution in [-0.2, 0) is 11.2 Å². The number of aryl methyl sites for hydroxylation is 2. The molecule has 0 amide bonds. The monoisotopic (exact) mass is 350 g/mol. The van der Waals surface area contributed by atoms with Gasteiger partial charge in [-0.05, 0) is 56.5 Å². The van der Waals surface area contributed by atoms with Gasteiger partial charge in [-0.3, -0.25) is 4.79 Å². The molecule has 0 unspecified atom stereocenters. The van der Waals surface area contributed by atoms with Crippen molar-refractivity contribution in [3.63, 3.8) is 0 Å². The van der Waals surface area contributed by atoms with Gasteiger partial charge in [-0.1, -0.05) is 30.3 Å². The molecular formula is C22H22O4. The molecule has 1 aromatic heterocycles. The van der Waals surface area contributed by atoms with E-state index in [1.807, 2.05) is 56.3 Å². The number of Topliss-reactive ketones (excluding diaryl/α,β-unsaturated/α-hetero) is 1. The van der Waals surface area contributed by atoms with Crippen LogP contribution in [0.2, 0.25) is 0 Å². The Bertz CT molecular complexity index is 1020. The van der Waals surface area contributed by atoms with Crippen LogP contribution in [0.25, 0.3) is 11.0 Å². The van der Waals surface area contributed by atoms with Gasteiger partial charge in [0.25, 0.3) is 0 Å². The van der Waals surface area contributed by atoms with Crippen LogP contribution < -0.4 is 10.4 Å². The molecule has 0 N–H and O–H groups in total. The molecule has 134 valence electrons. The summed E-state index contributed by atoms with van der Waals surface area (Å²) in [4.78, 5) is 24.2.